The smallest absolute Gasteiger partial charge is 0.227 e. The highest BCUT2D eigenvalue weighted by Crippen LogP contribution is 2.15. The van der Waals surface area contributed by atoms with Crippen LogP contribution in [0.25, 0.3) is 0 Å². The van der Waals surface area contributed by atoms with Crippen molar-refractivity contribution in [1.29, 1.82) is 0 Å². The molecular formula is C17H26N2O. The minimum Gasteiger partial charge on any atom is -0.341 e. The van der Waals surface area contributed by atoms with E-state index >= 15 is 0 Å². The van der Waals surface area contributed by atoms with Crippen LogP contribution in [0.15, 0.2) is 18.2 Å². The first-order chi connectivity index (χ1) is 9.60. The van der Waals surface area contributed by atoms with E-state index in [9.17, 15) is 4.79 Å². The molecule has 3 heteroatoms. The van der Waals surface area contributed by atoms with E-state index in [4.69, 9.17) is 0 Å². The zero-order chi connectivity index (χ0) is 14.5. The summed E-state index contributed by atoms with van der Waals surface area (Å²) >= 11 is 0. The van der Waals surface area contributed by atoms with Gasteiger partial charge in [-0.25, -0.2) is 0 Å². The third kappa shape index (κ3) is 3.83. The van der Waals surface area contributed by atoms with Gasteiger partial charge >= 0.3 is 0 Å². The number of piperidine rings is 1. The SMILES string of the molecule is CCNC1CCCN(C(=O)Cc2cc(C)ccc2C)C1. The molecule has 0 aromatic heterocycles. The van der Waals surface area contributed by atoms with Crippen molar-refractivity contribution in [3.05, 3.63) is 34.9 Å². The predicted molar refractivity (Wildman–Crippen MR) is 82.9 cm³/mol. The molecule has 0 aliphatic carbocycles. The molecule has 0 saturated carbocycles. The highest BCUT2D eigenvalue weighted by molar-refractivity contribution is 5.79. The molecule has 1 N–H and O–H groups in total. The minimum absolute atomic E-state index is 0.265. The maximum Gasteiger partial charge on any atom is 0.227 e. The van der Waals surface area contributed by atoms with Crippen LogP contribution in [0.1, 0.15) is 36.5 Å². The van der Waals surface area contributed by atoms with Crippen molar-refractivity contribution in [3.63, 3.8) is 0 Å². The van der Waals surface area contributed by atoms with Crippen LogP contribution in [0.4, 0.5) is 0 Å². The van der Waals surface area contributed by atoms with E-state index in [1.165, 1.54) is 23.1 Å². The Hall–Kier alpha value is -1.35. The molecule has 0 radical (unpaired) electrons. The predicted octanol–water partition coefficient (Wildman–Crippen LogP) is 2.45. The molecule has 1 fully saturated rings. The van der Waals surface area contributed by atoms with Crippen LogP contribution in [0.5, 0.6) is 0 Å². The van der Waals surface area contributed by atoms with Crippen LogP contribution in [0.2, 0.25) is 0 Å². The topological polar surface area (TPSA) is 32.3 Å². The second-order valence-electron chi connectivity index (χ2n) is 5.84. The third-order valence-electron chi connectivity index (χ3n) is 4.11. The Kier molecular flexibility index (Phi) is 5.18. The van der Waals surface area contributed by atoms with E-state index < -0.39 is 0 Å². The summed E-state index contributed by atoms with van der Waals surface area (Å²) in [6.45, 7) is 9.03. The normalized spacial score (nSPS) is 19.1. The summed E-state index contributed by atoms with van der Waals surface area (Å²) < 4.78 is 0. The van der Waals surface area contributed by atoms with E-state index in [0.29, 0.717) is 12.5 Å². The molecule has 1 saturated heterocycles. The number of benzene rings is 1. The van der Waals surface area contributed by atoms with Gasteiger partial charge in [0.2, 0.25) is 5.91 Å². The Labute approximate surface area is 122 Å². The number of nitrogens with one attached hydrogen (secondary N) is 1. The number of rotatable bonds is 4. The quantitative estimate of drug-likeness (QED) is 0.914. The van der Waals surface area contributed by atoms with Gasteiger partial charge in [-0.3, -0.25) is 4.79 Å². The number of aryl methyl sites for hydroxylation is 2. The monoisotopic (exact) mass is 274 g/mol. The Morgan fingerprint density at radius 3 is 2.95 bits per heavy atom. The number of nitrogens with zero attached hydrogens (tertiary/aromatic N) is 1. The first kappa shape index (κ1) is 15.0. The number of likely N-dealkylation sites (N-methyl/N-ethyl adjacent to an activating group) is 1. The van der Waals surface area contributed by atoms with Crippen LogP contribution in [0, 0.1) is 13.8 Å². The summed E-state index contributed by atoms with van der Waals surface area (Å²) in [5.74, 6) is 0.265. The zero-order valence-corrected chi connectivity index (χ0v) is 12.9. The molecule has 1 atom stereocenters. The van der Waals surface area contributed by atoms with Gasteiger partial charge < -0.3 is 10.2 Å². The molecule has 3 nitrogen and oxygen atoms in total. The Bertz CT molecular complexity index is 468. The molecule has 1 amide bonds. The Balaban J connectivity index is 1.99. The van der Waals surface area contributed by atoms with E-state index in [1.54, 1.807) is 0 Å². The number of carbonyl (C=O) groups is 1. The molecule has 1 unspecified atom stereocenters. The first-order valence-electron chi connectivity index (χ1n) is 7.67. The zero-order valence-electron chi connectivity index (χ0n) is 12.9. The van der Waals surface area contributed by atoms with Crippen molar-refractivity contribution in [2.24, 2.45) is 0 Å². The standard InChI is InChI=1S/C17H26N2O/c1-4-18-16-6-5-9-19(12-16)17(20)11-15-10-13(2)7-8-14(15)3/h7-8,10,16,18H,4-6,9,11-12H2,1-3H3. The van der Waals surface area contributed by atoms with E-state index in [2.05, 4.69) is 44.3 Å². The fourth-order valence-electron chi connectivity index (χ4n) is 2.92. The van der Waals surface area contributed by atoms with Crippen molar-refractivity contribution in [2.45, 2.75) is 46.1 Å². The second kappa shape index (κ2) is 6.89. The summed E-state index contributed by atoms with van der Waals surface area (Å²) in [4.78, 5) is 14.5. The largest absolute Gasteiger partial charge is 0.341 e. The highest BCUT2D eigenvalue weighted by atomic mass is 16.2. The van der Waals surface area contributed by atoms with E-state index in [-0.39, 0.29) is 5.91 Å². The fourth-order valence-corrected chi connectivity index (χ4v) is 2.92. The van der Waals surface area contributed by atoms with Crippen molar-refractivity contribution in [1.82, 2.24) is 10.2 Å². The molecule has 2 rings (SSSR count). The lowest BCUT2D eigenvalue weighted by Crippen LogP contribution is -2.48. The summed E-state index contributed by atoms with van der Waals surface area (Å²) in [5, 5.41) is 3.46. The van der Waals surface area contributed by atoms with Gasteiger partial charge in [-0.05, 0) is 44.4 Å². The maximum absolute atomic E-state index is 12.5. The molecule has 20 heavy (non-hydrogen) atoms. The number of amides is 1. The van der Waals surface area contributed by atoms with Crippen molar-refractivity contribution in [3.8, 4) is 0 Å². The Morgan fingerprint density at radius 1 is 1.40 bits per heavy atom. The summed E-state index contributed by atoms with van der Waals surface area (Å²) in [6.07, 6.45) is 2.82. The summed E-state index contributed by atoms with van der Waals surface area (Å²) in [5.41, 5.74) is 3.60. The van der Waals surface area contributed by atoms with Gasteiger partial charge in [-0.15, -0.1) is 0 Å². The minimum atomic E-state index is 0.265. The average Bonchev–Trinajstić information content (AvgIpc) is 2.43. The number of likely N-dealkylation sites (tertiary alicyclic amines) is 1. The maximum atomic E-state index is 12.5. The number of carbonyl (C=O) groups excluding carboxylic acids is 1. The van der Waals surface area contributed by atoms with E-state index in [1.807, 2.05) is 4.90 Å². The van der Waals surface area contributed by atoms with Crippen molar-refractivity contribution in [2.75, 3.05) is 19.6 Å². The summed E-state index contributed by atoms with van der Waals surface area (Å²) in [7, 11) is 0. The molecule has 1 aromatic rings. The van der Waals surface area contributed by atoms with Crippen LogP contribution >= 0.6 is 0 Å². The molecule has 110 valence electrons. The average molecular weight is 274 g/mol. The van der Waals surface area contributed by atoms with Crippen LogP contribution in [-0.4, -0.2) is 36.5 Å². The van der Waals surface area contributed by atoms with Gasteiger partial charge in [-0.2, -0.15) is 0 Å². The molecule has 0 bridgehead atoms. The lowest BCUT2D eigenvalue weighted by Gasteiger charge is -2.33. The van der Waals surface area contributed by atoms with Gasteiger partial charge in [0.25, 0.3) is 0 Å². The van der Waals surface area contributed by atoms with Crippen LogP contribution in [0.3, 0.4) is 0 Å². The number of hydrogen-bond acceptors (Lipinski definition) is 2. The van der Waals surface area contributed by atoms with Crippen LogP contribution in [-0.2, 0) is 11.2 Å². The number of hydrogen-bond donors (Lipinski definition) is 1. The summed E-state index contributed by atoms with van der Waals surface area (Å²) in [6, 6.07) is 6.82. The highest BCUT2D eigenvalue weighted by Gasteiger charge is 2.23. The first-order valence-corrected chi connectivity index (χ1v) is 7.67. The van der Waals surface area contributed by atoms with Gasteiger partial charge in [-0.1, -0.05) is 30.7 Å². The van der Waals surface area contributed by atoms with Gasteiger partial charge in [0, 0.05) is 19.1 Å². The molecular weight excluding hydrogens is 248 g/mol. The Morgan fingerprint density at radius 2 is 2.20 bits per heavy atom. The lowest BCUT2D eigenvalue weighted by atomic mass is 10.0. The van der Waals surface area contributed by atoms with Gasteiger partial charge in [0.15, 0.2) is 0 Å². The molecule has 1 aromatic carbocycles. The van der Waals surface area contributed by atoms with Crippen molar-refractivity contribution >= 4 is 5.91 Å². The molecule has 1 aliphatic heterocycles. The fraction of sp³-hybridized carbons (Fsp3) is 0.588. The second-order valence-corrected chi connectivity index (χ2v) is 5.84. The van der Waals surface area contributed by atoms with Gasteiger partial charge in [0.1, 0.15) is 0 Å². The van der Waals surface area contributed by atoms with E-state index in [0.717, 1.165) is 26.1 Å². The molecule has 0 spiro atoms. The molecule has 1 heterocycles. The van der Waals surface area contributed by atoms with Gasteiger partial charge in [0.05, 0.1) is 6.42 Å². The van der Waals surface area contributed by atoms with Crippen LogP contribution < -0.4 is 5.32 Å². The molecule has 1 aliphatic rings. The third-order valence-corrected chi connectivity index (χ3v) is 4.11. The van der Waals surface area contributed by atoms with Crippen molar-refractivity contribution < 1.29 is 4.79 Å². The lowest BCUT2D eigenvalue weighted by molar-refractivity contribution is -0.131.